The van der Waals surface area contributed by atoms with E-state index < -0.39 is 0 Å². The highest BCUT2D eigenvalue weighted by molar-refractivity contribution is 5.79. The topological polar surface area (TPSA) is 71.5 Å². The van der Waals surface area contributed by atoms with Crippen LogP contribution in [0.2, 0.25) is 0 Å². The fraction of sp³-hybridized carbons (Fsp3) is 0.409. The van der Waals surface area contributed by atoms with Crippen molar-refractivity contribution in [3.8, 4) is 5.75 Å². The molecule has 6 nitrogen and oxygen atoms in total. The van der Waals surface area contributed by atoms with E-state index in [0.29, 0.717) is 19.5 Å². The Kier molecular flexibility index (Phi) is 6.63. The lowest BCUT2D eigenvalue weighted by Gasteiger charge is -2.36. The summed E-state index contributed by atoms with van der Waals surface area (Å²) in [5, 5.41) is 3.04. The maximum atomic E-state index is 12.7. The molecule has 148 valence electrons. The molecule has 0 bridgehead atoms. The average Bonchev–Trinajstić information content (AvgIpc) is 2.73. The molecule has 0 spiro atoms. The van der Waals surface area contributed by atoms with Gasteiger partial charge in [-0.05, 0) is 48.6 Å². The van der Waals surface area contributed by atoms with Crippen LogP contribution in [0.1, 0.15) is 37.1 Å². The van der Waals surface area contributed by atoms with Gasteiger partial charge in [-0.25, -0.2) is 0 Å². The second-order valence-electron chi connectivity index (χ2n) is 7.18. The highest BCUT2D eigenvalue weighted by Crippen LogP contribution is 2.30. The Morgan fingerprint density at radius 2 is 1.89 bits per heavy atom. The number of rotatable bonds is 6. The third-order valence-corrected chi connectivity index (χ3v) is 5.24. The molecule has 1 aliphatic heterocycles. The van der Waals surface area contributed by atoms with Gasteiger partial charge in [0.25, 0.3) is 0 Å². The number of piperidine rings is 1. The van der Waals surface area contributed by atoms with Crippen LogP contribution in [0.5, 0.6) is 5.75 Å². The minimum Gasteiger partial charge on any atom is -0.497 e. The lowest BCUT2D eigenvalue weighted by atomic mass is 9.87. The highest BCUT2D eigenvalue weighted by atomic mass is 16.5. The van der Waals surface area contributed by atoms with E-state index in [1.807, 2.05) is 47.4 Å². The van der Waals surface area contributed by atoms with Crippen LogP contribution in [0.3, 0.4) is 0 Å². The van der Waals surface area contributed by atoms with Crippen LogP contribution in [-0.4, -0.2) is 41.9 Å². The number of ether oxygens (including phenoxy) is 1. The Bertz CT molecular complexity index is 784. The van der Waals surface area contributed by atoms with Gasteiger partial charge in [-0.1, -0.05) is 18.2 Å². The van der Waals surface area contributed by atoms with Crippen LogP contribution in [-0.2, 0) is 16.0 Å². The largest absolute Gasteiger partial charge is 0.497 e. The second-order valence-corrected chi connectivity index (χ2v) is 7.18. The quantitative estimate of drug-likeness (QED) is 0.835. The molecule has 2 aromatic rings. The first-order chi connectivity index (χ1) is 13.6. The van der Waals surface area contributed by atoms with Gasteiger partial charge in [-0.15, -0.1) is 0 Å². The van der Waals surface area contributed by atoms with Crippen molar-refractivity contribution in [2.45, 2.75) is 32.2 Å². The van der Waals surface area contributed by atoms with E-state index in [1.54, 1.807) is 13.3 Å². The molecule has 1 aliphatic rings. The predicted molar refractivity (Wildman–Crippen MR) is 107 cm³/mol. The van der Waals surface area contributed by atoms with Crippen molar-refractivity contribution >= 4 is 11.8 Å². The van der Waals surface area contributed by atoms with Gasteiger partial charge >= 0.3 is 0 Å². The summed E-state index contributed by atoms with van der Waals surface area (Å²) in [6.07, 6.45) is 3.83. The lowest BCUT2D eigenvalue weighted by Crippen LogP contribution is -2.43. The average molecular weight is 381 g/mol. The van der Waals surface area contributed by atoms with E-state index in [4.69, 9.17) is 4.74 Å². The number of amides is 2. The van der Waals surface area contributed by atoms with Crippen molar-refractivity contribution < 1.29 is 14.3 Å². The molecule has 28 heavy (non-hydrogen) atoms. The summed E-state index contributed by atoms with van der Waals surface area (Å²) in [7, 11) is 1.63. The first kappa shape index (κ1) is 19.9. The maximum absolute atomic E-state index is 12.7. The molecule has 1 atom stereocenters. The molecule has 0 unspecified atom stereocenters. The molecule has 0 aliphatic carbocycles. The van der Waals surface area contributed by atoms with Gasteiger partial charge < -0.3 is 15.0 Å². The van der Waals surface area contributed by atoms with Gasteiger partial charge in [-0.3, -0.25) is 14.6 Å². The van der Waals surface area contributed by atoms with Gasteiger partial charge in [0, 0.05) is 26.2 Å². The Balaban J connectivity index is 1.58. The Hall–Kier alpha value is -2.89. The zero-order chi connectivity index (χ0) is 19.9. The summed E-state index contributed by atoms with van der Waals surface area (Å²) >= 11 is 0. The number of pyridine rings is 1. The van der Waals surface area contributed by atoms with Crippen molar-refractivity contribution in [1.82, 2.24) is 15.2 Å². The molecule has 1 aromatic heterocycles. The smallest absolute Gasteiger partial charge is 0.226 e. The van der Waals surface area contributed by atoms with Crippen LogP contribution in [0.4, 0.5) is 0 Å². The predicted octanol–water partition coefficient (Wildman–Crippen LogP) is 2.75. The number of likely N-dealkylation sites (tertiary alicyclic amines) is 1. The first-order valence-corrected chi connectivity index (χ1v) is 9.65. The van der Waals surface area contributed by atoms with Crippen molar-refractivity contribution in [2.75, 3.05) is 20.2 Å². The number of carbonyl (C=O) groups is 2. The molecule has 2 amide bonds. The summed E-state index contributed by atoms with van der Waals surface area (Å²) in [4.78, 5) is 30.7. The number of aromatic nitrogens is 1. The molecule has 2 heterocycles. The molecule has 0 radical (unpaired) electrons. The zero-order valence-corrected chi connectivity index (χ0v) is 16.4. The highest BCUT2D eigenvalue weighted by Gasteiger charge is 2.30. The van der Waals surface area contributed by atoms with Crippen molar-refractivity contribution in [1.29, 1.82) is 0 Å². The normalized spacial score (nSPS) is 15.7. The minimum absolute atomic E-state index is 0.0614. The Morgan fingerprint density at radius 3 is 2.46 bits per heavy atom. The first-order valence-electron chi connectivity index (χ1n) is 9.65. The van der Waals surface area contributed by atoms with E-state index >= 15 is 0 Å². The summed E-state index contributed by atoms with van der Waals surface area (Å²) in [5.41, 5.74) is 1.86. The van der Waals surface area contributed by atoms with E-state index in [2.05, 4.69) is 10.3 Å². The van der Waals surface area contributed by atoms with Gasteiger partial charge in [0.1, 0.15) is 5.75 Å². The fourth-order valence-corrected chi connectivity index (χ4v) is 3.72. The molecular weight excluding hydrogens is 354 g/mol. The van der Waals surface area contributed by atoms with Gasteiger partial charge in [-0.2, -0.15) is 0 Å². The van der Waals surface area contributed by atoms with Crippen LogP contribution >= 0.6 is 0 Å². The molecule has 1 N–H and O–H groups in total. The van der Waals surface area contributed by atoms with Gasteiger partial charge in [0.05, 0.1) is 25.3 Å². The number of hydrogen-bond acceptors (Lipinski definition) is 4. The summed E-state index contributed by atoms with van der Waals surface area (Å²) in [6.45, 7) is 2.93. The molecular formula is C22H27N3O3. The van der Waals surface area contributed by atoms with E-state index in [0.717, 1.165) is 29.8 Å². The number of carbonyl (C=O) groups excluding carboxylic acids is 2. The molecule has 1 saturated heterocycles. The molecule has 1 aromatic carbocycles. The third kappa shape index (κ3) is 5.09. The van der Waals surface area contributed by atoms with Crippen LogP contribution in [0.15, 0.2) is 48.7 Å². The number of benzene rings is 1. The van der Waals surface area contributed by atoms with Crippen molar-refractivity contribution in [3.05, 3.63) is 59.9 Å². The summed E-state index contributed by atoms with van der Waals surface area (Å²) in [5.74, 6) is 1.13. The lowest BCUT2D eigenvalue weighted by molar-refractivity contribution is -0.132. The van der Waals surface area contributed by atoms with Crippen LogP contribution in [0.25, 0.3) is 0 Å². The molecule has 0 saturated carbocycles. The Labute approximate surface area is 165 Å². The number of nitrogens with one attached hydrogen (secondary N) is 1. The zero-order valence-electron chi connectivity index (χ0n) is 16.4. The maximum Gasteiger partial charge on any atom is 0.226 e. The van der Waals surface area contributed by atoms with Crippen LogP contribution < -0.4 is 10.1 Å². The minimum atomic E-state index is -0.113. The fourth-order valence-electron chi connectivity index (χ4n) is 3.72. The van der Waals surface area contributed by atoms with Crippen LogP contribution in [0, 0.1) is 5.92 Å². The van der Waals surface area contributed by atoms with Crippen molar-refractivity contribution in [3.63, 3.8) is 0 Å². The number of methoxy groups -OCH3 is 1. The number of hydrogen-bond donors (Lipinski definition) is 1. The van der Waals surface area contributed by atoms with Gasteiger partial charge in [0.2, 0.25) is 11.8 Å². The SMILES string of the molecule is COc1ccc(CC(=O)N2CCC([C@@H](NC(C)=O)c3ccccn3)CC2)cc1. The van der Waals surface area contributed by atoms with E-state index in [9.17, 15) is 9.59 Å². The Morgan fingerprint density at radius 1 is 1.18 bits per heavy atom. The van der Waals surface area contributed by atoms with Crippen molar-refractivity contribution in [2.24, 2.45) is 5.92 Å². The monoisotopic (exact) mass is 381 g/mol. The number of nitrogens with zero attached hydrogens (tertiary/aromatic N) is 2. The van der Waals surface area contributed by atoms with Gasteiger partial charge in [0.15, 0.2) is 0 Å². The molecule has 6 heteroatoms. The third-order valence-electron chi connectivity index (χ3n) is 5.24. The summed E-state index contributed by atoms with van der Waals surface area (Å²) < 4.78 is 5.16. The molecule has 1 fully saturated rings. The second kappa shape index (κ2) is 9.35. The van der Waals surface area contributed by atoms with E-state index in [1.165, 1.54) is 6.92 Å². The van der Waals surface area contributed by atoms with E-state index in [-0.39, 0.29) is 23.8 Å². The molecule has 3 rings (SSSR count). The summed E-state index contributed by atoms with van der Waals surface area (Å²) in [6, 6.07) is 13.2. The standard InChI is InChI=1S/C22H27N3O3/c1-16(26)24-22(20-5-3-4-12-23-20)18-10-13-25(14-11-18)21(27)15-17-6-8-19(28-2)9-7-17/h3-9,12,18,22H,10-11,13-15H2,1-2H3,(H,24,26)/t22-/m1/s1.